The SMILES string of the molecule is C#CCn1cc(/C=C2\C(=O)NC(=O)N(c3cccc(Br)c3)C2=O)c2ccccc21. The molecule has 142 valence electrons. The van der Waals surface area contributed by atoms with Gasteiger partial charge in [0.25, 0.3) is 11.8 Å². The molecule has 7 heteroatoms. The third-order valence-corrected chi connectivity index (χ3v) is 5.04. The number of carbonyl (C=O) groups excluding carboxylic acids is 3. The van der Waals surface area contributed by atoms with E-state index in [0.717, 1.165) is 15.8 Å². The van der Waals surface area contributed by atoms with E-state index in [0.29, 0.717) is 22.3 Å². The molecule has 4 rings (SSSR count). The summed E-state index contributed by atoms with van der Waals surface area (Å²) in [6, 6.07) is 13.5. The van der Waals surface area contributed by atoms with Crippen LogP contribution in [-0.2, 0) is 16.1 Å². The number of barbiturate groups is 1. The quantitative estimate of drug-likeness (QED) is 0.378. The molecule has 2 heterocycles. The summed E-state index contributed by atoms with van der Waals surface area (Å²) in [6.45, 7) is 0.354. The normalized spacial score (nSPS) is 15.7. The monoisotopic (exact) mass is 447 g/mol. The maximum absolute atomic E-state index is 13.1. The van der Waals surface area contributed by atoms with Crippen molar-refractivity contribution in [3.8, 4) is 12.3 Å². The van der Waals surface area contributed by atoms with Crippen LogP contribution in [0.5, 0.6) is 0 Å². The summed E-state index contributed by atoms with van der Waals surface area (Å²) >= 11 is 3.32. The molecule has 0 atom stereocenters. The van der Waals surface area contributed by atoms with E-state index in [4.69, 9.17) is 6.42 Å². The van der Waals surface area contributed by atoms with E-state index in [-0.39, 0.29) is 5.57 Å². The van der Waals surface area contributed by atoms with Crippen LogP contribution in [0.4, 0.5) is 10.5 Å². The van der Waals surface area contributed by atoms with Crippen LogP contribution in [0, 0.1) is 12.3 Å². The van der Waals surface area contributed by atoms with Crippen LogP contribution in [-0.4, -0.2) is 22.4 Å². The van der Waals surface area contributed by atoms with Crippen LogP contribution in [0.2, 0.25) is 0 Å². The molecule has 1 aromatic heterocycles. The number of carbonyl (C=O) groups is 3. The Hall–Kier alpha value is -3.63. The summed E-state index contributed by atoms with van der Waals surface area (Å²) in [5.74, 6) is 1.16. The Labute approximate surface area is 174 Å². The summed E-state index contributed by atoms with van der Waals surface area (Å²) in [5, 5.41) is 3.08. The Balaban J connectivity index is 1.82. The number of nitrogens with zero attached hydrogens (tertiary/aromatic N) is 2. The van der Waals surface area contributed by atoms with Gasteiger partial charge in [-0.1, -0.05) is 46.1 Å². The van der Waals surface area contributed by atoms with Crippen LogP contribution in [0.1, 0.15) is 5.56 Å². The van der Waals surface area contributed by atoms with Crippen LogP contribution in [0.3, 0.4) is 0 Å². The van der Waals surface area contributed by atoms with E-state index in [9.17, 15) is 14.4 Å². The number of benzene rings is 2. The molecule has 1 aliphatic heterocycles. The van der Waals surface area contributed by atoms with E-state index in [1.165, 1.54) is 6.08 Å². The zero-order valence-electron chi connectivity index (χ0n) is 15.1. The number of terminal acetylenes is 1. The zero-order chi connectivity index (χ0) is 20.5. The van der Waals surface area contributed by atoms with E-state index >= 15 is 0 Å². The molecular weight excluding hydrogens is 434 g/mol. The molecule has 1 aliphatic rings. The van der Waals surface area contributed by atoms with Crippen molar-refractivity contribution in [3.63, 3.8) is 0 Å². The minimum Gasteiger partial charge on any atom is -0.335 e. The standard InChI is InChI=1S/C22H14BrN3O3/c1-2-10-25-13-14(17-8-3-4-9-19(17)25)11-18-20(27)24-22(29)26(21(18)28)16-7-5-6-15(23)12-16/h1,3-9,11-13H,10H2,(H,24,27,29)/b18-11+. The highest BCUT2D eigenvalue weighted by Crippen LogP contribution is 2.27. The molecule has 29 heavy (non-hydrogen) atoms. The maximum Gasteiger partial charge on any atom is 0.335 e. The van der Waals surface area contributed by atoms with E-state index < -0.39 is 17.8 Å². The minimum absolute atomic E-state index is 0.131. The molecule has 2 aromatic carbocycles. The van der Waals surface area contributed by atoms with Gasteiger partial charge in [-0.2, -0.15) is 0 Å². The minimum atomic E-state index is -0.787. The molecule has 0 unspecified atom stereocenters. The Kier molecular flexibility index (Phi) is 4.79. The Morgan fingerprint density at radius 2 is 1.90 bits per heavy atom. The van der Waals surface area contributed by atoms with E-state index in [2.05, 4.69) is 27.2 Å². The third kappa shape index (κ3) is 3.35. The number of para-hydroxylation sites is 1. The van der Waals surface area contributed by atoms with Crippen molar-refractivity contribution in [2.75, 3.05) is 4.90 Å². The van der Waals surface area contributed by atoms with Gasteiger partial charge < -0.3 is 4.57 Å². The summed E-state index contributed by atoms with van der Waals surface area (Å²) in [6.07, 6.45) is 8.73. The highest BCUT2D eigenvalue weighted by atomic mass is 79.9. The molecule has 0 aliphatic carbocycles. The first-order valence-electron chi connectivity index (χ1n) is 8.68. The summed E-state index contributed by atoms with van der Waals surface area (Å²) < 4.78 is 2.57. The van der Waals surface area contributed by atoms with Crippen molar-refractivity contribution in [1.82, 2.24) is 9.88 Å². The number of halogens is 1. The predicted molar refractivity (Wildman–Crippen MR) is 114 cm³/mol. The number of nitrogens with one attached hydrogen (secondary N) is 1. The number of urea groups is 1. The van der Waals surface area contributed by atoms with Gasteiger partial charge >= 0.3 is 6.03 Å². The van der Waals surface area contributed by atoms with Gasteiger partial charge in [-0.05, 0) is 30.3 Å². The average Bonchev–Trinajstić information content (AvgIpc) is 3.03. The largest absolute Gasteiger partial charge is 0.335 e. The first kappa shape index (κ1) is 18.7. The van der Waals surface area contributed by atoms with Crippen molar-refractivity contribution in [2.45, 2.75) is 6.54 Å². The van der Waals surface area contributed by atoms with Crippen molar-refractivity contribution in [2.24, 2.45) is 0 Å². The summed E-state index contributed by atoms with van der Waals surface area (Å²) in [4.78, 5) is 38.8. The molecule has 1 N–H and O–H groups in total. The summed E-state index contributed by atoms with van der Waals surface area (Å²) in [5.41, 5.74) is 1.78. The average molecular weight is 448 g/mol. The van der Waals surface area contributed by atoms with E-state index in [1.54, 1.807) is 30.5 Å². The lowest BCUT2D eigenvalue weighted by molar-refractivity contribution is -0.122. The number of hydrogen-bond donors (Lipinski definition) is 1. The number of fused-ring (bicyclic) bond motifs is 1. The number of aromatic nitrogens is 1. The highest BCUT2D eigenvalue weighted by Gasteiger charge is 2.37. The van der Waals surface area contributed by atoms with E-state index in [1.807, 2.05) is 28.8 Å². The van der Waals surface area contributed by atoms with Gasteiger partial charge in [0, 0.05) is 27.1 Å². The van der Waals surface area contributed by atoms with Crippen LogP contribution in [0.15, 0.2) is 64.8 Å². The molecule has 6 nitrogen and oxygen atoms in total. The first-order valence-corrected chi connectivity index (χ1v) is 9.47. The predicted octanol–water partition coefficient (Wildman–Crippen LogP) is 3.70. The second-order valence-electron chi connectivity index (χ2n) is 6.37. The molecule has 1 fully saturated rings. The molecular formula is C22H14BrN3O3. The van der Waals surface area contributed by atoms with Crippen molar-refractivity contribution in [3.05, 3.63) is 70.3 Å². The lowest BCUT2D eigenvalue weighted by atomic mass is 10.1. The van der Waals surface area contributed by atoms with Crippen molar-refractivity contribution < 1.29 is 14.4 Å². The fourth-order valence-corrected chi connectivity index (χ4v) is 3.67. The topological polar surface area (TPSA) is 71.4 Å². The van der Waals surface area contributed by atoms with Gasteiger partial charge in [0.05, 0.1) is 12.2 Å². The van der Waals surface area contributed by atoms with Crippen molar-refractivity contribution >= 4 is 56.4 Å². The molecule has 1 saturated heterocycles. The Morgan fingerprint density at radius 3 is 2.66 bits per heavy atom. The second kappa shape index (κ2) is 7.41. The molecule has 0 bridgehead atoms. The fraction of sp³-hybridized carbons (Fsp3) is 0.0455. The van der Waals surface area contributed by atoms with Crippen LogP contribution in [0.25, 0.3) is 17.0 Å². The molecule has 0 radical (unpaired) electrons. The number of imide groups is 2. The number of amides is 4. The smallest absolute Gasteiger partial charge is 0.335 e. The van der Waals surface area contributed by atoms with Gasteiger partial charge in [0.15, 0.2) is 0 Å². The summed E-state index contributed by atoms with van der Waals surface area (Å²) in [7, 11) is 0. The second-order valence-corrected chi connectivity index (χ2v) is 7.29. The molecule has 3 aromatic rings. The molecule has 0 saturated carbocycles. The lowest BCUT2D eigenvalue weighted by Gasteiger charge is -2.26. The Morgan fingerprint density at radius 1 is 1.10 bits per heavy atom. The Bertz CT molecular complexity index is 1250. The number of rotatable bonds is 3. The fourth-order valence-electron chi connectivity index (χ4n) is 3.28. The maximum atomic E-state index is 13.1. The van der Waals surface area contributed by atoms with Crippen LogP contribution >= 0.6 is 15.9 Å². The molecule has 0 spiro atoms. The van der Waals surface area contributed by atoms with Gasteiger partial charge in [0.2, 0.25) is 0 Å². The van der Waals surface area contributed by atoms with Gasteiger partial charge in [0.1, 0.15) is 5.57 Å². The molecule has 4 amide bonds. The first-order chi connectivity index (χ1) is 14.0. The van der Waals surface area contributed by atoms with Gasteiger partial charge in [-0.15, -0.1) is 6.42 Å². The zero-order valence-corrected chi connectivity index (χ0v) is 16.6. The van der Waals surface area contributed by atoms with Crippen molar-refractivity contribution in [1.29, 1.82) is 0 Å². The third-order valence-electron chi connectivity index (χ3n) is 4.55. The van der Waals surface area contributed by atoms with Gasteiger partial charge in [-0.3, -0.25) is 14.9 Å². The highest BCUT2D eigenvalue weighted by molar-refractivity contribution is 9.10. The van der Waals surface area contributed by atoms with Gasteiger partial charge in [-0.25, -0.2) is 9.69 Å². The lowest BCUT2D eigenvalue weighted by Crippen LogP contribution is -2.54. The van der Waals surface area contributed by atoms with Crippen LogP contribution < -0.4 is 10.2 Å². The number of hydrogen-bond acceptors (Lipinski definition) is 3. The number of anilines is 1.